The van der Waals surface area contributed by atoms with Gasteiger partial charge in [-0.15, -0.1) is 0 Å². The average molecular weight is 289 g/mol. The second-order valence-corrected chi connectivity index (χ2v) is 6.51. The van der Waals surface area contributed by atoms with Crippen LogP contribution in [0.25, 0.3) is 0 Å². The first-order valence-electron chi connectivity index (χ1n) is 7.71. The zero-order valence-corrected chi connectivity index (χ0v) is 12.8. The van der Waals surface area contributed by atoms with E-state index < -0.39 is 5.97 Å². The summed E-state index contributed by atoms with van der Waals surface area (Å²) in [7, 11) is 0. The molecule has 1 saturated heterocycles. The quantitative estimate of drug-likeness (QED) is 0.909. The Kier molecular flexibility index (Phi) is 3.66. The molecule has 2 aliphatic rings. The van der Waals surface area contributed by atoms with E-state index in [-0.39, 0.29) is 12.1 Å². The Morgan fingerprint density at radius 3 is 2.67 bits per heavy atom. The largest absolute Gasteiger partial charge is 0.487 e. The monoisotopic (exact) mass is 289 g/mol. The lowest BCUT2D eigenvalue weighted by Crippen LogP contribution is -2.50. The molecule has 0 aromatic heterocycles. The van der Waals surface area contributed by atoms with Gasteiger partial charge in [-0.3, -0.25) is 9.69 Å². The SMILES string of the molecule is Cc1cc(C)c2c(c1)OC1(CC2)CCN(CC(=O)O)CC1. The van der Waals surface area contributed by atoms with Crippen LogP contribution in [0.4, 0.5) is 0 Å². The molecule has 2 aliphatic heterocycles. The van der Waals surface area contributed by atoms with Crippen LogP contribution in [0.1, 0.15) is 36.0 Å². The van der Waals surface area contributed by atoms with Crippen LogP contribution >= 0.6 is 0 Å². The highest BCUT2D eigenvalue weighted by molar-refractivity contribution is 5.69. The molecular formula is C17H23NO3. The molecule has 0 radical (unpaired) electrons. The van der Waals surface area contributed by atoms with Gasteiger partial charge in [0.2, 0.25) is 0 Å². The molecular weight excluding hydrogens is 266 g/mol. The molecule has 1 spiro atoms. The van der Waals surface area contributed by atoms with Crippen LogP contribution in [0.2, 0.25) is 0 Å². The number of aliphatic carboxylic acids is 1. The molecule has 1 aromatic carbocycles. The Morgan fingerprint density at radius 1 is 1.29 bits per heavy atom. The van der Waals surface area contributed by atoms with Crippen molar-refractivity contribution in [2.24, 2.45) is 0 Å². The van der Waals surface area contributed by atoms with Gasteiger partial charge in [0.1, 0.15) is 11.4 Å². The lowest BCUT2D eigenvalue weighted by atomic mass is 9.82. The molecule has 0 unspecified atom stereocenters. The fourth-order valence-corrected chi connectivity index (χ4v) is 3.67. The number of likely N-dealkylation sites (tertiary alicyclic amines) is 1. The Labute approximate surface area is 125 Å². The normalized spacial score (nSPS) is 20.9. The standard InChI is InChI=1S/C17H23NO3/c1-12-9-13(2)14-3-4-17(21-15(14)10-12)5-7-18(8-6-17)11-16(19)20/h9-10H,3-8,11H2,1-2H3,(H,19,20). The van der Waals surface area contributed by atoms with Crippen LogP contribution in [0.15, 0.2) is 12.1 Å². The van der Waals surface area contributed by atoms with Crippen molar-refractivity contribution < 1.29 is 14.6 Å². The maximum Gasteiger partial charge on any atom is 0.317 e. The third-order valence-electron chi connectivity index (χ3n) is 4.86. The van der Waals surface area contributed by atoms with Crippen LogP contribution in [0, 0.1) is 13.8 Å². The van der Waals surface area contributed by atoms with E-state index in [1.54, 1.807) is 0 Å². The molecule has 2 heterocycles. The molecule has 0 amide bonds. The molecule has 3 rings (SSSR count). The predicted molar refractivity (Wildman–Crippen MR) is 80.9 cm³/mol. The number of carbonyl (C=O) groups is 1. The summed E-state index contributed by atoms with van der Waals surface area (Å²) < 4.78 is 6.40. The second kappa shape index (κ2) is 5.34. The predicted octanol–water partition coefficient (Wildman–Crippen LogP) is 2.55. The molecule has 4 nitrogen and oxygen atoms in total. The van der Waals surface area contributed by atoms with Crippen LogP contribution in [-0.4, -0.2) is 41.2 Å². The first-order chi connectivity index (χ1) is 9.97. The van der Waals surface area contributed by atoms with Gasteiger partial charge in [0, 0.05) is 13.1 Å². The van der Waals surface area contributed by atoms with Gasteiger partial charge in [-0.25, -0.2) is 0 Å². The Balaban J connectivity index is 1.73. The topological polar surface area (TPSA) is 49.8 Å². The summed E-state index contributed by atoms with van der Waals surface area (Å²) >= 11 is 0. The minimum Gasteiger partial charge on any atom is -0.487 e. The van der Waals surface area contributed by atoms with E-state index in [0.717, 1.165) is 44.5 Å². The van der Waals surface area contributed by atoms with E-state index in [4.69, 9.17) is 9.84 Å². The number of hydrogen-bond acceptors (Lipinski definition) is 3. The van der Waals surface area contributed by atoms with Crippen molar-refractivity contribution in [1.29, 1.82) is 0 Å². The Hall–Kier alpha value is -1.55. The van der Waals surface area contributed by atoms with Crippen molar-refractivity contribution in [2.45, 2.75) is 45.1 Å². The molecule has 1 N–H and O–H groups in total. The van der Waals surface area contributed by atoms with Crippen LogP contribution < -0.4 is 4.74 Å². The third kappa shape index (κ3) is 2.91. The van der Waals surface area contributed by atoms with Gasteiger partial charge in [0.25, 0.3) is 0 Å². The molecule has 0 aliphatic carbocycles. The summed E-state index contributed by atoms with van der Waals surface area (Å²) in [6.07, 6.45) is 3.96. The maximum absolute atomic E-state index is 10.8. The Morgan fingerprint density at radius 2 is 2.00 bits per heavy atom. The lowest BCUT2D eigenvalue weighted by Gasteiger charge is -2.44. The number of fused-ring (bicyclic) bond motifs is 1. The van der Waals surface area contributed by atoms with E-state index in [2.05, 4.69) is 26.0 Å². The summed E-state index contributed by atoms with van der Waals surface area (Å²) in [6.45, 7) is 6.03. The maximum atomic E-state index is 10.8. The van der Waals surface area contributed by atoms with E-state index in [1.165, 1.54) is 16.7 Å². The summed E-state index contributed by atoms with van der Waals surface area (Å²) in [4.78, 5) is 12.8. The van der Waals surface area contributed by atoms with Crippen LogP contribution in [0.5, 0.6) is 5.75 Å². The zero-order valence-electron chi connectivity index (χ0n) is 12.8. The smallest absolute Gasteiger partial charge is 0.317 e. The summed E-state index contributed by atoms with van der Waals surface area (Å²) in [5, 5.41) is 8.89. The van der Waals surface area contributed by atoms with E-state index in [1.807, 2.05) is 4.90 Å². The molecule has 0 saturated carbocycles. The van der Waals surface area contributed by atoms with Gasteiger partial charge in [0.15, 0.2) is 0 Å². The first kappa shape index (κ1) is 14.4. The van der Waals surface area contributed by atoms with Crippen molar-refractivity contribution in [3.8, 4) is 5.75 Å². The minimum atomic E-state index is -0.743. The summed E-state index contributed by atoms with van der Waals surface area (Å²) in [6, 6.07) is 4.36. The number of benzene rings is 1. The molecule has 4 heteroatoms. The fraction of sp³-hybridized carbons (Fsp3) is 0.588. The fourth-order valence-electron chi connectivity index (χ4n) is 3.67. The highest BCUT2D eigenvalue weighted by Crippen LogP contribution is 2.40. The van der Waals surface area contributed by atoms with Crippen molar-refractivity contribution in [2.75, 3.05) is 19.6 Å². The Bertz CT molecular complexity index is 559. The van der Waals surface area contributed by atoms with Gasteiger partial charge >= 0.3 is 5.97 Å². The summed E-state index contributed by atoms with van der Waals surface area (Å²) in [5.41, 5.74) is 3.83. The van der Waals surface area contributed by atoms with Gasteiger partial charge in [-0.2, -0.15) is 0 Å². The van der Waals surface area contributed by atoms with Gasteiger partial charge in [-0.1, -0.05) is 6.07 Å². The van der Waals surface area contributed by atoms with E-state index >= 15 is 0 Å². The van der Waals surface area contributed by atoms with Crippen molar-refractivity contribution in [1.82, 2.24) is 4.90 Å². The molecule has 0 bridgehead atoms. The second-order valence-electron chi connectivity index (χ2n) is 6.51. The molecule has 21 heavy (non-hydrogen) atoms. The van der Waals surface area contributed by atoms with Gasteiger partial charge in [0.05, 0.1) is 6.54 Å². The minimum absolute atomic E-state index is 0.0811. The van der Waals surface area contributed by atoms with Gasteiger partial charge < -0.3 is 9.84 Å². The highest BCUT2D eigenvalue weighted by atomic mass is 16.5. The average Bonchev–Trinajstić information content (AvgIpc) is 2.40. The number of ether oxygens (including phenoxy) is 1. The molecule has 1 fully saturated rings. The van der Waals surface area contributed by atoms with Crippen LogP contribution in [-0.2, 0) is 11.2 Å². The number of aryl methyl sites for hydroxylation is 2. The third-order valence-corrected chi connectivity index (χ3v) is 4.86. The first-order valence-corrected chi connectivity index (χ1v) is 7.71. The van der Waals surface area contributed by atoms with Crippen LogP contribution in [0.3, 0.4) is 0 Å². The number of carboxylic acid groups (broad SMARTS) is 1. The number of rotatable bonds is 2. The number of nitrogens with zero attached hydrogens (tertiary/aromatic N) is 1. The lowest BCUT2D eigenvalue weighted by molar-refractivity contribution is -0.139. The summed E-state index contributed by atoms with van der Waals surface area (Å²) in [5.74, 6) is 0.303. The molecule has 1 aromatic rings. The van der Waals surface area contributed by atoms with Crippen molar-refractivity contribution in [3.63, 3.8) is 0 Å². The number of carboxylic acids is 1. The number of hydrogen-bond donors (Lipinski definition) is 1. The van der Waals surface area contributed by atoms with E-state index in [0.29, 0.717) is 0 Å². The zero-order chi connectivity index (χ0) is 15.0. The number of piperidine rings is 1. The van der Waals surface area contributed by atoms with Crippen molar-refractivity contribution in [3.05, 3.63) is 28.8 Å². The van der Waals surface area contributed by atoms with Crippen molar-refractivity contribution >= 4 is 5.97 Å². The van der Waals surface area contributed by atoms with E-state index in [9.17, 15) is 4.79 Å². The molecule has 0 atom stereocenters. The molecule has 114 valence electrons. The highest BCUT2D eigenvalue weighted by Gasteiger charge is 2.40. The van der Waals surface area contributed by atoms with Gasteiger partial charge in [-0.05, 0) is 62.3 Å².